The van der Waals surface area contributed by atoms with E-state index in [1.54, 1.807) is 6.20 Å². The van der Waals surface area contributed by atoms with E-state index in [-0.39, 0.29) is 11.3 Å². The summed E-state index contributed by atoms with van der Waals surface area (Å²) in [5.74, 6) is 1.84. The summed E-state index contributed by atoms with van der Waals surface area (Å²) in [7, 11) is 0. The lowest BCUT2D eigenvalue weighted by Gasteiger charge is -2.42. The van der Waals surface area contributed by atoms with Crippen molar-refractivity contribution < 1.29 is 4.79 Å². The van der Waals surface area contributed by atoms with Gasteiger partial charge in [0, 0.05) is 12.5 Å². The molecule has 1 aliphatic heterocycles. The van der Waals surface area contributed by atoms with Crippen LogP contribution in [0.3, 0.4) is 0 Å². The second-order valence-corrected chi connectivity index (χ2v) is 10.0. The normalized spacial score (nSPS) is 23.3. The molecule has 1 fully saturated rings. The number of carbonyl (C=O) groups is 1. The highest BCUT2D eigenvalue weighted by atomic mass is 16.1. The van der Waals surface area contributed by atoms with Crippen molar-refractivity contribution in [2.24, 2.45) is 5.92 Å². The molecule has 0 spiro atoms. The van der Waals surface area contributed by atoms with Gasteiger partial charge in [0.05, 0.1) is 17.3 Å². The molecule has 0 bridgehead atoms. The molecule has 29 heavy (non-hydrogen) atoms. The molecule has 1 atom stereocenters. The van der Waals surface area contributed by atoms with Gasteiger partial charge in [-0.1, -0.05) is 37.5 Å². The fourth-order valence-corrected chi connectivity index (χ4v) is 5.84. The van der Waals surface area contributed by atoms with E-state index in [2.05, 4.69) is 47.1 Å². The van der Waals surface area contributed by atoms with E-state index < -0.39 is 0 Å². The molecule has 4 heteroatoms. The van der Waals surface area contributed by atoms with E-state index in [0.717, 1.165) is 29.8 Å². The number of nitrogens with zero attached hydrogens (tertiary/aromatic N) is 2. The summed E-state index contributed by atoms with van der Waals surface area (Å²) in [6.07, 6.45) is 13.6. The number of fused-ring (bicyclic) bond motifs is 2. The first kappa shape index (κ1) is 18.9. The minimum Gasteiger partial charge on any atom is -0.367 e. The highest BCUT2D eigenvalue weighted by Gasteiger charge is 2.39. The summed E-state index contributed by atoms with van der Waals surface area (Å²) in [4.78, 5) is 13.2. The fraction of sp³-hybridized carbons (Fsp3) is 0.600. The van der Waals surface area contributed by atoms with E-state index >= 15 is 0 Å². The molecule has 5 rings (SSSR count). The van der Waals surface area contributed by atoms with Crippen molar-refractivity contribution in [1.82, 2.24) is 9.78 Å². The van der Waals surface area contributed by atoms with Crippen molar-refractivity contribution in [1.29, 1.82) is 0 Å². The third-order valence-electron chi connectivity index (χ3n) is 7.43. The maximum atomic E-state index is 13.2. The third kappa shape index (κ3) is 3.51. The molecule has 1 N–H and O–H groups in total. The van der Waals surface area contributed by atoms with Crippen LogP contribution in [0.5, 0.6) is 0 Å². The number of aryl methyl sites for hydroxylation is 2. The standard InChI is InChI=1S/C25H33N3O/c1-25(2)15-22(19-7-4-3-5-8-19)27-24-21(16-26-28(24)25)23(29)14-17-11-12-18-9-6-10-20(18)13-17/h11-13,16,19,22,27H,3-10,14-15H2,1-2H3. The second kappa shape index (κ2) is 7.30. The molecule has 0 amide bonds. The number of nitrogens with one attached hydrogen (secondary N) is 1. The first-order chi connectivity index (χ1) is 14.0. The average molecular weight is 392 g/mol. The van der Waals surface area contributed by atoms with Gasteiger partial charge in [-0.2, -0.15) is 5.10 Å². The molecule has 1 aromatic carbocycles. The maximum Gasteiger partial charge on any atom is 0.172 e. The molecular weight excluding hydrogens is 358 g/mol. The second-order valence-electron chi connectivity index (χ2n) is 10.0. The summed E-state index contributed by atoms with van der Waals surface area (Å²) < 4.78 is 2.06. The van der Waals surface area contributed by atoms with Crippen LogP contribution in [0, 0.1) is 5.92 Å². The largest absolute Gasteiger partial charge is 0.367 e. The Morgan fingerprint density at radius 3 is 2.76 bits per heavy atom. The monoisotopic (exact) mass is 391 g/mol. The number of hydrogen-bond donors (Lipinski definition) is 1. The maximum absolute atomic E-state index is 13.2. The summed E-state index contributed by atoms with van der Waals surface area (Å²) in [6.45, 7) is 4.52. The van der Waals surface area contributed by atoms with E-state index in [0.29, 0.717) is 18.4 Å². The van der Waals surface area contributed by atoms with Gasteiger partial charge < -0.3 is 5.32 Å². The zero-order valence-electron chi connectivity index (χ0n) is 17.8. The Balaban J connectivity index is 1.39. The lowest BCUT2D eigenvalue weighted by atomic mass is 9.78. The number of aromatic nitrogens is 2. The number of anilines is 1. The van der Waals surface area contributed by atoms with Gasteiger partial charge in [0.25, 0.3) is 0 Å². The number of benzene rings is 1. The van der Waals surface area contributed by atoms with Crippen LogP contribution in [0.15, 0.2) is 24.4 Å². The van der Waals surface area contributed by atoms with Gasteiger partial charge in [0.15, 0.2) is 5.78 Å². The Morgan fingerprint density at radius 2 is 1.93 bits per heavy atom. The molecule has 1 saturated carbocycles. The van der Waals surface area contributed by atoms with Crippen LogP contribution in [0.4, 0.5) is 5.82 Å². The quantitative estimate of drug-likeness (QED) is 0.720. The van der Waals surface area contributed by atoms with Crippen LogP contribution in [-0.4, -0.2) is 21.6 Å². The molecular formula is C25H33N3O. The topological polar surface area (TPSA) is 46.9 Å². The number of Topliss-reactive ketones (excluding diaryl/α,β-unsaturated/α-hetero) is 1. The minimum atomic E-state index is -0.0607. The summed E-state index contributed by atoms with van der Waals surface area (Å²) >= 11 is 0. The van der Waals surface area contributed by atoms with Gasteiger partial charge in [-0.3, -0.25) is 4.79 Å². The predicted octanol–water partition coefficient (Wildman–Crippen LogP) is 5.30. The number of carbonyl (C=O) groups excluding carboxylic acids is 1. The lowest BCUT2D eigenvalue weighted by Crippen LogP contribution is -2.45. The smallest absolute Gasteiger partial charge is 0.172 e. The lowest BCUT2D eigenvalue weighted by molar-refractivity contribution is 0.0993. The fourth-order valence-electron chi connectivity index (χ4n) is 5.84. The first-order valence-electron chi connectivity index (χ1n) is 11.5. The van der Waals surface area contributed by atoms with Gasteiger partial charge in [-0.05, 0) is 75.0 Å². The van der Waals surface area contributed by atoms with Crippen molar-refractivity contribution in [3.63, 3.8) is 0 Å². The van der Waals surface area contributed by atoms with Gasteiger partial charge in [-0.15, -0.1) is 0 Å². The van der Waals surface area contributed by atoms with E-state index in [1.807, 2.05) is 0 Å². The molecule has 4 nitrogen and oxygen atoms in total. The molecule has 2 aliphatic carbocycles. The molecule has 1 unspecified atom stereocenters. The van der Waals surface area contributed by atoms with Gasteiger partial charge >= 0.3 is 0 Å². The number of hydrogen-bond acceptors (Lipinski definition) is 3. The van der Waals surface area contributed by atoms with Gasteiger partial charge in [0.1, 0.15) is 5.82 Å². The van der Waals surface area contributed by atoms with Crippen LogP contribution in [0.2, 0.25) is 0 Å². The summed E-state index contributed by atoms with van der Waals surface area (Å²) in [6, 6.07) is 7.05. The molecule has 0 saturated heterocycles. The van der Waals surface area contributed by atoms with Crippen molar-refractivity contribution >= 4 is 11.6 Å². The highest BCUT2D eigenvalue weighted by molar-refractivity contribution is 6.01. The predicted molar refractivity (Wildman–Crippen MR) is 117 cm³/mol. The van der Waals surface area contributed by atoms with Gasteiger partial charge in [-0.25, -0.2) is 4.68 Å². The Bertz CT molecular complexity index is 920. The van der Waals surface area contributed by atoms with Crippen LogP contribution in [0.1, 0.15) is 85.8 Å². The van der Waals surface area contributed by atoms with Crippen LogP contribution < -0.4 is 5.32 Å². The SMILES string of the molecule is CC1(C)CC(C2CCCCC2)Nc2c(C(=O)Cc3ccc4c(c3)CCC4)cnn21. The molecule has 3 aliphatic rings. The zero-order valence-corrected chi connectivity index (χ0v) is 17.8. The Hall–Kier alpha value is -2.10. The van der Waals surface area contributed by atoms with Gasteiger partial charge in [0.2, 0.25) is 0 Å². The van der Waals surface area contributed by atoms with Crippen molar-refractivity contribution in [2.75, 3.05) is 5.32 Å². The summed E-state index contributed by atoms with van der Waals surface area (Å²) in [5.41, 5.74) is 4.73. The van der Waals surface area contributed by atoms with Crippen LogP contribution >= 0.6 is 0 Å². The summed E-state index contributed by atoms with van der Waals surface area (Å²) in [5, 5.41) is 8.40. The van der Waals surface area contributed by atoms with Crippen LogP contribution in [-0.2, 0) is 24.8 Å². The molecule has 2 heterocycles. The third-order valence-corrected chi connectivity index (χ3v) is 7.43. The van der Waals surface area contributed by atoms with E-state index in [1.165, 1.54) is 56.1 Å². The van der Waals surface area contributed by atoms with Crippen molar-refractivity contribution in [2.45, 2.75) is 89.6 Å². The number of rotatable bonds is 4. The zero-order chi connectivity index (χ0) is 20.0. The van der Waals surface area contributed by atoms with E-state index in [4.69, 9.17) is 0 Å². The molecule has 2 aromatic rings. The van der Waals surface area contributed by atoms with E-state index in [9.17, 15) is 4.79 Å². The Morgan fingerprint density at radius 1 is 1.14 bits per heavy atom. The highest BCUT2D eigenvalue weighted by Crippen LogP contribution is 2.40. The van der Waals surface area contributed by atoms with Crippen LogP contribution in [0.25, 0.3) is 0 Å². The number of ketones is 1. The van der Waals surface area contributed by atoms with Crippen molar-refractivity contribution in [3.05, 3.63) is 46.6 Å². The average Bonchev–Trinajstić information content (AvgIpc) is 3.35. The first-order valence-corrected chi connectivity index (χ1v) is 11.5. The van der Waals surface area contributed by atoms with Crippen molar-refractivity contribution in [3.8, 4) is 0 Å². The molecule has 0 radical (unpaired) electrons. The molecule has 1 aromatic heterocycles. The molecule has 154 valence electrons. The Kier molecular flexibility index (Phi) is 4.76. The minimum absolute atomic E-state index is 0.0607. The Labute approximate surface area is 174 Å².